The van der Waals surface area contributed by atoms with Gasteiger partial charge in [0.05, 0.1) is 22.6 Å². The van der Waals surface area contributed by atoms with Crippen LogP contribution in [0, 0.1) is 17.2 Å². The Labute approximate surface area is 236 Å². The molecule has 39 heavy (non-hydrogen) atoms. The van der Waals surface area contributed by atoms with Crippen molar-refractivity contribution in [2.45, 2.75) is 69.6 Å². The zero-order valence-corrected chi connectivity index (χ0v) is 23.0. The summed E-state index contributed by atoms with van der Waals surface area (Å²) in [5.41, 5.74) is -1.13. The molecule has 2 aromatic rings. The number of nitrogens with one attached hydrogen (secondary N) is 2. The predicted octanol–water partition coefficient (Wildman–Crippen LogP) is 6.50. The Morgan fingerprint density at radius 3 is 2.46 bits per heavy atom. The third kappa shape index (κ3) is 5.64. The molecule has 2 saturated carbocycles. The first kappa shape index (κ1) is 27.8. The van der Waals surface area contributed by atoms with Gasteiger partial charge in [-0.15, -0.1) is 0 Å². The highest BCUT2D eigenvalue weighted by Gasteiger charge is 2.59. The van der Waals surface area contributed by atoms with Gasteiger partial charge in [-0.3, -0.25) is 14.5 Å². The summed E-state index contributed by atoms with van der Waals surface area (Å²) in [5, 5.41) is 5.91. The summed E-state index contributed by atoms with van der Waals surface area (Å²) in [7, 11) is 0. The highest BCUT2D eigenvalue weighted by atomic mass is 35.5. The topological polar surface area (TPSA) is 78.5 Å². The molecule has 0 spiro atoms. The minimum Gasteiger partial charge on any atom is -0.348 e. The lowest BCUT2D eigenvalue weighted by Gasteiger charge is -2.38. The summed E-state index contributed by atoms with van der Waals surface area (Å²) in [4.78, 5) is 40.6. The van der Waals surface area contributed by atoms with Crippen molar-refractivity contribution in [3.05, 3.63) is 69.5 Å². The molecule has 0 aromatic heterocycles. The molecule has 1 aliphatic heterocycles. The summed E-state index contributed by atoms with van der Waals surface area (Å²) >= 11 is 12.7. The Morgan fingerprint density at radius 2 is 1.79 bits per heavy atom. The number of carbonyl (C=O) groups excluding carboxylic acids is 3. The second kappa shape index (κ2) is 11.0. The highest BCUT2D eigenvalue weighted by molar-refractivity contribution is 6.42. The van der Waals surface area contributed by atoms with Crippen LogP contribution in [0.5, 0.6) is 0 Å². The molecule has 5 rings (SSSR count). The molecule has 10 heteroatoms. The number of hydrogen-bond donors (Lipinski definition) is 2. The maximum absolute atomic E-state index is 15.2. The molecule has 6 nitrogen and oxygen atoms in total. The SMILES string of the molecule is O=C(N[C@H](c1c(F)ccc(Cl)c1Cl)C12CCC(F)(CC1)C2)[C@@H]1CCNC(=O)N(Cc2ccccc2)C(=O)CC1. The third-order valence-electron chi connectivity index (χ3n) is 8.65. The van der Waals surface area contributed by atoms with Gasteiger partial charge in [0.15, 0.2) is 0 Å². The minimum absolute atomic E-state index is 0.00593. The number of urea groups is 1. The molecular formula is C29H31Cl2F2N3O3. The van der Waals surface area contributed by atoms with E-state index in [0.717, 1.165) is 10.5 Å². The van der Waals surface area contributed by atoms with Crippen LogP contribution < -0.4 is 10.6 Å². The van der Waals surface area contributed by atoms with Gasteiger partial charge < -0.3 is 10.6 Å². The van der Waals surface area contributed by atoms with Crippen molar-refractivity contribution in [3.8, 4) is 0 Å². The number of amides is 4. The standard InChI is InChI=1S/C29H31Cl2F2N3O3/c30-20-7-8-21(32)23(24(20)31)25(28-11-13-29(33,17-28)14-12-28)35-26(38)19-6-9-22(37)36(27(39)34-15-10-19)16-18-4-2-1-3-5-18/h1-5,7-8,19,25H,6,9-17H2,(H,34,39)(H,35,38)/t19-,25+,28?,29?/m0/s1. The number of alkyl halides is 1. The van der Waals surface area contributed by atoms with E-state index in [9.17, 15) is 14.4 Å². The molecule has 2 bridgehead atoms. The summed E-state index contributed by atoms with van der Waals surface area (Å²) < 4.78 is 30.5. The Kier molecular flexibility index (Phi) is 7.89. The van der Waals surface area contributed by atoms with Crippen molar-refractivity contribution < 1.29 is 23.2 Å². The van der Waals surface area contributed by atoms with E-state index < -0.39 is 34.9 Å². The molecule has 1 heterocycles. The molecule has 2 N–H and O–H groups in total. The van der Waals surface area contributed by atoms with E-state index in [2.05, 4.69) is 10.6 Å². The average Bonchev–Trinajstić information content (AvgIpc) is 3.46. The number of imide groups is 1. The smallest absolute Gasteiger partial charge is 0.324 e. The van der Waals surface area contributed by atoms with Crippen molar-refractivity contribution in [3.63, 3.8) is 0 Å². The summed E-state index contributed by atoms with van der Waals surface area (Å²) in [5.74, 6) is -2.00. The number of hydrogen-bond acceptors (Lipinski definition) is 3. The third-order valence-corrected chi connectivity index (χ3v) is 9.47. The van der Waals surface area contributed by atoms with Gasteiger partial charge in [-0.25, -0.2) is 13.6 Å². The van der Waals surface area contributed by atoms with E-state index >= 15 is 8.78 Å². The average molecular weight is 578 g/mol. The van der Waals surface area contributed by atoms with Crippen LogP contribution in [0.3, 0.4) is 0 Å². The molecule has 1 saturated heterocycles. The normalized spacial score (nSPS) is 27.9. The first-order valence-corrected chi connectivity index (χ1v) is 14.1. The number of rotatable bonds is 6. The number of fused-ring (bicyclic) bond motifs is 2. The van der Waals surface area contributed by atoms with Gasteiger partial charge >= 0.3 is 6.03 Å². The fourth-order valence-corrected chi connectivity index (χ4v) is 6.92. The summed E-state index contributed by atoms with van der Waals surface area (Å²) in [6.07, 6.45) is 2.39. The second-order valence-electron chi connectivity index (χ2n) is 11.1. The van der Waals surface area contributed by atoms with E-state index in [-0.39, 0.29) is 59.8 Å². The van der Waals surface area contributed by atoms with E-state index in [4.69, 9.17) is 23.2 Å². The van der Waals surface area contributed by atoms with E-state index in [1.165, 1.54) is 12.1 Å². The number of carbonyl (C=O) groups is 3. The summed E-state index contributed by atoms with van der Waals surface area (Å²) in [6, 6.07) is 10.4. The van der Waals surface area contributed by atoms with E-state index in [1.54, 1.807) is 0 Å². The zero-order valence-electron chi connectivity index (χ0n) is 21.5. The fraction of sp³-hybridized carbons (Fsp3) is 0.483. The fourth-order valence-electron chi connectivity index (χ4n) is 6.50. The van der Waals surface area contributed by atoms with Crippen molar-refractivity contribution in [1.29, 1.82) is 0 Å². The van der Waals surface area contributed by atoms with Gasteiger partial charge in [-0.05, 0) is 68.1 Å². The lowest BCUT2D eigenvalue weighted by molar-refractivity contribution is -0.130. The minimum atomic E-state index is -1.33. The van der Waals surface area contributed by atoms with Crippen LogP contribution in [0.1, 0.15) is 68.5 Å². The number of halogens is 4. The van der Waals surface area contributed by atoms with Gasteiger partial charge in [0.2, 0.25) is 11.8 Å². The Balaban J connectivity index is 1.37. The molecule has 208 valence electrons. The van der Waals surface area contributed by atoms with Gasteiger partial charge in [-0.1, -0.05) is 53.5 Å². The van der Waals surface area contributed by atoms with Crippen molar-refractivity contribution in [2.75, 3.05) is 6.54 Å². The van der Waals surface area contributed by atoms with Gasteiger partial charge in [-0.2, -0.15) is 0 Å². The molecular weight excluding hydrogens is 547 g/mol. The van der Waals surface area contributed by atoms with Crippen LogP contribution in [-0.4, -0.2) is 35.0 Å². The maximum Gasteiger partial charge on any atom is 0.324 e. The zero-order chi connectivity index (χ0) is 27.8. The second-order valence-corrected chi connectivity index (χ2v) is 11.9. The van der Waals surface area contributed by atoms with Crippen molar-refractivity contribution in [2.24, 2.45) is 11.3 Å². The number of nitrogens with zero attached hydrogens (tertiary/aromatic N) is 1. The first-order chi connectivity index (χ1) is 18.6. The molecule has 3 aliphatic rings. The monoisotopic (exact) mass is 577 g/mol. The molecule has 0 radical (unpaired) electrons. The molecule has 2 aromatic carbocycles. The van der Waals surface area contributed by atoms with Crippen molar-refractivity contribution >= 4 is 41.0 Å². The van der Waals surface area contributed by atoms with Gasteiger partial charge in [0.25, 0.3) is 0 Å². The Morgan fingerprint density at radius 1 is 1.08 bits per heavy atom. The largest absolute Gasteiger partial charge is 0.348 e. The van der Waals surface area contributed by atoms with E-state index in [1.807, 2.05) is 30.3 Å². The molecule has 2 aliphatic carbocycles. The van der Waals surface area contributed by atoms with Gasteiger partial charge in [0, 0.05) is 24.4 Å². The van der Waals surface area contributed by atoms with Crippen molar-refractivity contribution in [1.82, 2.24) is 15.5 Å². The number of benzene rings is 2. The maximum atomic E-state index is 15.2. The lowest BCUT2D eigenvalue weighted by atomic mass is 9.74. The van der Waals surface area contributed by atoms with Crippen LogP contribution in [0.25, 0.3) is 0 Å². The Hall–Kier alpha value is -2.71. The van der Waals surface area contributed by atoms with Crippen LogP contribution >= 0.6 is 23.2 Å². The first-order valence-electron chi connectivity index (χ1n) is 13.4. The highest BCUT2D eigenvalue weighted by Crippen LogP contribution is 2.64. The summed E-state index contributed by atoms with van der Waals surface area (Å²) in [6.45, 7) is 0.315. The molecule has 3 fully saturated rings. The van der Waals surface area contributed by atoms with Crippen LogP contribution in [0.2, 0.25) is 10.0 Å². The van der Waals surface area contributed by atoms with Crippen LogP contribution in [-0.2, 0) is 16.1 Å². The molecule has 2 atom stereocenters. The molecule has 0 unspecified atom stereocenters. The van der Waals surface area contributed by atoms with Gasteiger partial charge in [0.1, 0.15) is 11.5 Å². The van der Waals surface area contributed by atoms with Crippen LogP contribution in [0.4, 0.5) is 13.6 Å². The van der Waals surface area contributed by atoms with E-state index in [0.29, 0.717) is 32.1 Å². The lowest BCUT2D eigenvalue weighted by Crippen LogP contribution is -2.43. The predicted molar refractivity (Wildman–Crippen MR) is 144 cm³/mol. The Bertz CT molecular complexity index is 1270. The molecule has 4 amide bonds. The van der Waals surface area contributed by atoms with Crippen LogP contribution in [0.15, 0.2) is 42.5 Å². The quantitative estimate of drug-likeness (QED) is 0.384.